The Morgan fingerprint density at radius 1 is 0.904 bits per heavy atom. The van der Waals surface area contributed by atoms with E-state index < -0.39 is 12.2 Å². The predicted octanol–water partition coefficient (Wildman–Crippen LogP) is 4.10. The number of ketones is 1. The Morgan fingerprint density at radius 3 is 2.27 bits per heavy atom. The molecule has 0 spiro atoms. The van der Waals surface area contributed by atoms with Crippen LogP contribution in [0.4, 0.5) is 9.59 Å². The minimum absolute atomic E-state index is 0.00236. The number of aromatic nitrogens is 1. The molecule has 0 saturated heterocycles. The standard InChI is InChI=1S/C37H39N3O12/c1-46-15-4-10-38-36(44)52-23-8-6-22(7-9-23)20-49-37(45)39(13-14-41)11-5-12-40-33-25-17-30-31(51-21-50-30)18-26(25)34(42)32(33)24-16-28(47-2)29(48-3)19-27(24)35(40)43/h6-9,16-19,41H,4-5,10-15,20-21H2,1-3H3,(H,38,44). The van der Waals surface area contributed by atoms with E-state index in [1.165, 1.54) is 23.7 Å². The lowest BCUT2D eigenvalue weighted by Crippen LogP contribution is -2.36. The molecule has 52 heavy (non-hydrogen) atoms. The Labute approximate surface area is 298 Å². The van der Waals surface area contributed by atoms with Crippen molar-refractivity contribution in [3.8, 4) is 40.0 Å². The molecule has 0 unspecified atom stereocenters. The number of fused-ring (bicyclic) bond motifs is 6. The first kappa shape index (κ1) is 36.0. The lowest BCUT2D eigenvalue weighted by Gasteiger charge is -2.22. The Morgan fingerprint density at radius 2 is 1.60 bits per heavy atom. The van der Waals surface area contributed by atoms with Crippen LogP contribution in [0.25, 0.3) is 22.0 Å². The van der Waals surface area contributed by atoms with Crippen LogP contribution in [0.5, 0.6) is 28.7 Å². The van der Waals surface area contributed by atoms with E-state index in [1.54, 1.807) is 55.6 Å². The van der Waals surface area contributed by atoms with Crippen molar-refractivity contribution in [2.24, 2.45) is 0 Å². The number of nitrogens with zero attached hydrogens (tertiary/aromatic N) is 2. The number of benzene rings is 3. The molecule has 2 N–H and O–H groups in total. The highest BCUT2D eigenvalue weighted by Gasteiger charge is 2.36. The SMILES string of the molecule is COCCCNC(=O)Oc1ccc(COC(=O)N(CCO)CCCn2c3c(c4cc(OC)c(OC)cc4c2=O)C(=O)c2cc4c(cc2-3)OCO4)cc1. The van der Waals surface area contributed by atoms with Crippen LogP contribution in [0.2, 0.25) is 0 Å². The van der Waals surface area contributed by atoms with Gasteiger partial charge in [0.2, 0.25) is 6.79 Å². The van der Waals surface area contributed by atoms with Gasteiger partial charge in [-0.25, -0.2) is 9.59 Å². The van der Waals surface area contributed by atoms with Crippen molar-refractivity contribution in [3.63, 3.8) is 0 Å². The van der Waals surface area contributed by atoms with Gasteiger partial charge in [0.1, 0.15) is 12.4 Å². The van der Waals surface area contributed by atoms with E-state index in [0.29, 0.717) is 81.7 Å². The van der Waals surface area contributed by atoms with Gasteiger partial charge in [0.05, 0.1) is 37.5 Å². The van der Waals surface area contributed by atoms with Crippen molar-refractivity contribution in [2.75, 3.05) is 61.0 Å². The van der Waals surface area contributed by atoms with Gasteiger partial charge in [-0.3, -0.25) is 9.59 Å². The van der Waals surface area contributed by atoms with Gasteiger partial charge in [-0.2, -0.15) is 0 Å². The zero-order valence-corrected chi connectivity index (χ0v) is 29.0. The summed E-state index contributed by atoms with van der Waals surface area (Å²) in [6, 6.07) is 13.0. The summed E-state index contributed by atoms with van der Waals surface area (Å²) in [6.45, 7) is 0.843. The van der Waals surface area contributed by atoms with Crippen molar-refractivity contribution < 1.29 is 52.6 Å². The molecule has 15 heteroatoms. The number of rotatable bonds is 15. The molecule has 0 radical (unpaired) electrons. The number of methoxy groups -OCH3 is 3. The lowest BCUT2D eigenvalue weighted by molar-refractivity contribution is 0.0876. The molecule has 2 amide bonds. The molecule has 2 heterocycles. The molecule has 1 aromatic heterocycles. The fourth-order valence-corrected chi connectivity index (χ4v) is 6.23. The maximum absolute atomic E-state index is 14.2. The monoisotopic (exact) mass is 717 g/mol. The number of amides is 2. The average molecular weight is 718 g/mol. The second-order valence-corrected chi connectivity index (χ2v) is 11.9. The van der Waals surface area contributed by atoms with E-state index in [4.69, 9.17) is 33.2 Å². The highest BCUT2D eigenvalue weighted by Crippen LogP contribution is 2.47. The summed E-state index contributed by atoms with van der Waals surface area (Å²) in [5.41, 5.74) is 1.96. The van der Waals surface area contributed by atoms with Gasteiger partial charge in [-0.05, 0) is 54.8 Å². The molecule has 2 aliphatic rings. The van der Waals surface area contributed by atoms with Gasteiger partial charge in [-0.1, -0.05) is 12.1 Å². The largest absolute Gasteiger partial charge is 0.493 e. The summed E-state index contributed by atoms with van der Waals surface area (Å²) in [5, 5.41) is 13.0. The first-order chi connectivity index (χ1) is 25.3. The topological polar surface area (TPSA) is 173 Å². The second-order valence-electron chi connectivity index (χ2n) is 11.9. The van der Waals surface area contributed by atoms with E-state index in [2.05, 4.69) is 5.32 Å². The lowest BCUT2D eigenvalue weighted by atomic mass is 10.0. The van der Waals surface area contributed by atoms with E-state index in [0.717, 1.165) is 0 Å². The van der Waals surface area contributed by atoms with E-state index in [1.807, 2.05) is 0 Å². The Balaban J connectivity index is 1.18. The molecule has 0 bridgehead atoms. The van der Waals surface area contributed by atoms with Gasteiger partial charge >= 0.3 is 12.2 Å². The Kier molecular flexibility index (Phi) is 11.1. The molecular weight excluding hydrogens is 678 g/mol. The van der Waals surface area contributed by atoms with E-state index in [-0.39, 0.29) is 62.8 Å². The number of carbonyl (C=O) groups excluding carboxylic acids is 3. The summed E-state index contributed by atoms with van der Waals surface area (Å²) in [5.74, 6) is 1.65. The van der Waals surface area contributed by atoms with Crippen LogP contribution in [-0.4, -0.2) is 93.5 Å². The van der Waals surface area contributed by atoms with Crippen LogP contribution in [0.15, 0.2) is 53.3 Å². The number of hydrogen-bond donors (Lipinski definition) is 2. The van der Waals surface area contributed by atoms with Crippen LogP contribution < -0.4 is 34.6 Å². The molecule has 6 rings (SSSR count). The van der Waals surface area contributed by atoms with Gasteiger partial charge in [0.15, 0.2) is 28.8 Å². The number of pyridine rings is 1. The molecule has 274 valence electrons. The molecule has 4 aromatic rings. The van der Waals surface area contributed by atoms with Gasteiger partial charge < -0.3 is 53.0 Å². The third-order valence-electron chi connectivity index (χ3n) is 8.74. The van der Waals surface area contributed by atoms with Crippen molar-refractivity contribution in [3.05, 3.63) is 75.6 Å². The third kappa shape index (κ3) is 7.31. The van der Waals surface area contributed by atoms with Crippen LogP contribution in [0, 0.1) is 0 Å². The second kappa shape index (κ2) is 16.0. The minimum Gasteiger partial charge on any atom is -0.493 e. The zero-order valence-electron chi connectivity index (χ0n) is 29.0. The quantitative estimate of drug-likeness (QED) is 0.149. The molecular formula is C37H39N3O12. The van der Waals surface area contributed by atoms with Crippen molar-refractivity contribution >= 4 is 28.7 Å². The average Bonchev–Trinajstić information content (AvgIpc) is 3.73. The fraction of sp³-hybridized carbons (Fsp3) is 0.351. The Hall–Kier alpha value is -5.80. The summed E-state index contributed by atoms with van der Waals surface area (Å²) in [6.07, 6.45) is -0.310. The summed E-state index contributed by atoms with van der Waals surface area (Å²) in [7, 11) is 4.52. The number of aliphatic hydroxyl groups excluding tert-OH is 1. The van der Waals surface area contributed by atoms with E-state index >= 15 is 0 Å². The van der Waals surface area contributed by atoms with Gasteiger partial charge in [-0.15, -0.1) is 0 Å². The molecule has 0 fully saturated rings. The first-order valence-electron chi connectivity index (χ1n) is 16.6. The summed E-state index contributed by atoms with van der Waals surface area (Å²) in [4.78, 5) is 54.6. The number of ether oxygens (including phenoxy) is 7. The summed E-state index contributed by atoms with van der Waals surface area (Å²) >= 11 is 0. The molecule has 1 aliphatic carbocycles. The maximum Gasteiger partial charge on any atom is 0.412 e. The van der Waals surface area contributed by atoms with Crippen molar-refractivity contribution in [1.29, 1.82) is 0 Å². The highest BCUT2D eigenvalue weighted by molar-refractivity contribution is 6.27. The van der Waals surface area contributed by atoms with Gasteiger partial charge in [0, 0.05) is 56.4 Å². The normalized spacial score (nSPS) is 12.3. The molecule has 0 saturated carbocycles. The van der Waals surface area contributed by atoms with Crippen LogP contribution in [-0.2, 0) is 22.6 Å². The van der Waals surface area contributed by atoms with Crippen LogP contribution in [0.1, 0.15) is 34.3 Å². The Bertz CT molecular complexity index is 2040. The summed E-state index contributed by atoms with van der Waals surface area (Å²) < 4.78 is 39.3. The van der Waals surface area contributed by atoms with Gasteiger partial charge in [0.25, 0.3) is 5.56 Å². The fourth-order valence-electron chi connectivity index (χ4n) is 6.23. The molecule has 1 aliphatic heterocycles. The maximum atomic E-state index is 14.2. The first-order valence-corrected chi connectivity index (χ1v) is 16.6. The van der Waals surface area contributed by atoms with Crippen LogP contribution >= 0.6 is 0 Å². The molecule has 15 nitrogen and oxygen atoms in total. The minimum atomic E-state index is -0.661. The molecule has 3 aromatic carbocycles. The predicted molar refractivity (Wildman–Crippen MR) is 187 cm³/mol. The molecule has 0 atom stereocenters. The third-order valence-corrected chi connectivity index (χ3v) is 8.74. The number of nitrogens with one attached hydrogen (secondary N) is 1. The van der Waals surface area contributed by atoms with E-state index in [9.17, 15) is 24.3 Å². The van der Waals surface area contributed by atoms with Crippen molar-refractivity contribution in [2.45, 2.75) is 26.0 Å². The van der Waals surface area contributed by atoms with Crippen LogP contribution in [0.3, 0.4) is 0 Å². The number of carbonyl (C=O) groups is 3. The number of aliphatic hydroxyl groups is 1. The smallest absolute Gasteiger partial charge is 0.412 e. The zero-order chi connectivity index (χ0) is 36.8. The van der Waals surface area contributed by atoms with Crippen molar-refractivity contribution in [1.82, 2.24) is 14.8 Å². The highest BCUT2D eigenvalue weighted by atomic mass is 16.7. The number of hydrogen-bond acceptors (Lipinski definition) is 12.